The molecular formula is C21H21ClFN3OS. The molecule has 4 rings (SSSR count). The minimum atomic E-state index is -0.667. The maximum atomic E-state index is 13.5. The number of hydrogen-bond donors (Lipinski definition) is 0. The summed E-state index contributed by atoms with van der Waals surface area (Å²) < 4.78 is 21.6. The highest BCUT2D eigenvalue weighted by molar-refractivity contribution is 8.00. The summed E-state index contributed by atoms with van der Waals surface area (Å²) in [5.74, 6) is -0.279. The topological polar surface area (TPSA) is 43.2 Å². The zero-order valence-electron chi connectivity index (χ0n) is 15.9. The monoisotopic (exact) mass is 417 g/mol. The largest absolute Gasteiger partial charge is 0.354 e. The number of thioether (sulfide) groups is 1. The van der Waals surface area contributed by atoms with Gasteiger partial charge in [0.1, 0.15) is 23.8 Å². The van der Waals surface area contributed by atoms with Crippen molar-refractivity contribution in [3.63, 3.8) is 0 Å². The number of aromatic nitrogens is 3. The van der Waals surface area contributed by atoms with E-state index in [2.05, 4.69) is 30.9 Å². The standard InChI is InChI=1S/C21H21ClFN3OS/c1-20(2,3)28-19-24-13-25-26(19)12-21(14-8-10-15(23)11-9-14)18(27-21)16-6-4-5-7-17(16)22/h4-11,13,18H,12H2,1-3H3/t18-,21+/m0/s1. The van der Waals surface area contributed by atoms with Gasteiger partial charge in [-0.3, -0.25) is 0 Å². The highest BCUT2D eigenvalue weighted by atomic mass is 35.5. The van der Waals surface area contributed by atoms with Gasteiger partial charge < -0.3 is 4.74 Å². The molecule has 2 heterocycles. The van der Waals surface area contributed by atoms with Crippen LogP contribution in [-0.2, 0) is 16.9 Å². The third-order valence-electron chi connectivity index (χ3n) is 4.58. The predicted octanol–water partition coefficient (Wildman–Crippen LogP) is 5.63. The molecule has 3 aromatic rings. The number of rotatable bonds is 5. The number of epoxide rings is 1. The van der Waals surface area contributed by atoms with E-state index in [4.69, 9.17) is 16.3 Å². The summed E-state index contributed by atoms with van der Waals surface area (Å²) in [4.78, 5) is 4.41. The van der Waals surface area contributed by atoms with Crippen molar-refractivity contribution in [2.45, 2.75) is 48.9 Å². The molecule has 7 heteroatoms. The Morgan fingerprint density at radius 3 is 2.57 bits per heavy atom. The van der Waals surface area contributed by atoms with Crippen molar-refractivity contribution in [3.05, 3.63) is 76.8 Å². The van der Waals surface area contributed by atoms with Crippen molar-refractivity contribution >= 4 is 23.4 Å². The van der Waals surface area contributed by atoms with Crippen LogP contribution in [0.3, 0.4) is 0 Å². The van der Waals surface area contributed by atoms with Crippen LogP contribution in [0.15, 0.2) is 60.0 Å². The van der Waals surface area contributed by atoms with Gasteiger partial charge in [0, 0.05) is 15.3 Å². The fourth-order valence-electron chi connectivity index (χ4n) is 3.28. The van der Waals surface area contributed by atoms with Gasteiger partial charge in [0.2, 0.25) is 0 Å². The van der Waals surface area contributed by atoms with E-state index in [-0.39, 0.29) is 16.7 Å². The van der Waals surface area contributed by atoms with Gasteiger partial charge in [-0.2, -0.15) is 5.10 Å². The smallest absolute Gasteiger partial charge is 0.186 e. The number of benzene rings is 2. The number of hydrogen-bond acceptors (Lipinski definition) is 4. The Balaban J connectivity index is 1.72. The summed E-state index contributed by atoms with van der Waals surface area (Å²) in [7, 11) is 0. The van der Waals surface area contributed by atoms with Gasteiger partial charge in [-0.25, -0.2) is 14.1 Å². The van der Waals surface area contributed by atoms with Crippen LogP contribution in [0.4, 0.5) is 4.39 Å². The van der Waals surface area contributed by atoms with E-state index in [9.17, 15) is 4.39 Å². The average Bonchev–Trinajstić information content (AvgIpc) is 3.19. The van der Waals surface area contributed by atoms with Crippen LogP contribution in [0.25, 0.3) is 0 Å². The number of nitrogens with zero attached hydrogens (tertiary/aromatic N) is 3. The molecule has 1 fully saturated rings. The Hall–Kier alpha value is -1.89. The minimum absolute atomic E-state index is 0.000367. The Kier molecular flexibility index (Phi) is 4.98. The van der Waals surface area contributed by atoms with Crippen molar-refractivity contribution in [2.24, 2.45) is 0 Å². The molecule has 0 radical (unpaired) electrons. The fraction of sp³-hybridized carbons (Fsp3) is 0.333. The van der Waals surface area contributed by atoms with Crippen LogP contribution in [-0.4, -0.2) is 19.5 Å². The van der Waals surface area contributed by atoms with Crippen molar-refractivity contribution in [1.29, 1.82) is 0 Å². The van der Waals surface area contributed by atoms with E-state index < -0.39 is 5.60 Å². The molecule has 0 spiro atoms. The first-order chi connectivity index (χ1) is 13.3. The average molecular weight is 418 g/mol. The molecule has 1 aromatic heterocycles. The van der Waals surface area contributed by atoms with Crippen LogP contribution < -0.4 is 0 Å². The van der Waals surface area contributed by atoms with E-state index in [1.165, 1.54) is 12.1 Å². The normalized spacial score (nSPS) is 21.7. The van der Waals surface area contributed by atoms with Crippen LogP contribution >= 0.6 is 23.4 Å². The third-order valence-corrected chi connectivity index (χ3v) is 6.03. The zero-order chi connectivity index (χ0) is 19.9. The van der Waals surface area contributed by atoms with Gasteiger partial charge in [0.25, 0.3) is 0 Å². The van der Waals surface area contributed by atoms with E-state index in [1.54, 1.807) is 30.2 Å². The summed E-state index contributed by atoms with van der Waals surface area (Å²) in [6.45, 7) is 6.86. The molecule has 0 bridgehead atoms. The van der Waals surface area contributed by atoms with Gasteiger partial charge in [-0.05, 0) is 23.8 Å². The molecule has 1 aliphatic heterocycles. The van der Waals surface area contributed by atoms with Crippen molar-refractivity contribution in [1.82, 2.24) is 14.8 Å². The summed E-state index contributed by atoms with van der Waals surface area (Å²) in [6, 6.07) is 14.1. The molecule has 146 valence electrons. The molecule has 0 aliphatic carbocycles. The minimum Gasteiger partial charge on any atom is -0.354 e. The van der Waals surface area contributed by atoms with Crippen molar-refractivity contribution in [2.75, 3.05) is 0 Å². The molecule has 0 saturated carbocycles. The highest BCUT2D eigenvalue weighted by Crippen LogP contribution is 2.59. The van der Waals surface area contributed by atoms with Crippen molar-refractivity contribution in [3.8, 4) is 0 Å². The van der Waals surface area contributed by atoms with E-state index >= 15 is 0 Å². The van der Waals surface area contributed by atoms with E-state index in [0.29, 0.717) is 11.6 Å². The second-order valence-corrected chi connectivity index (χ2v) is 10.0. The molecule has 0 amide bonds. The zero-order valence-corrected chi connectivity index (χ0v) is 17.5. The molecule has 2 atom stereocenters. The highest BCUT2D eigenvalue weighted by Gasteiger charge is 2.59. The van der Waals surface area contributed by atoms with Crippen LogP contribution in [0.5, 0.6) is 0 Å². The van der Waals surface area contributed by atoms with Crippen LogP contribution in [0.2, 0.25) is 5.02 Å². The summed E-state index contributed by atoms with van der Waals surface area (Å²) >= 11 is 8.07. The SMILES string of the molecule is CC(C)(C)Sc1ncnn1C[C@]1(c2ccc(F)cc2)O[C@H]1c1ccccc1Cl. The summed E-state index contributed by atoms with van der Waals surface area (Å²) in [5, 5.41) is 5.89. The Morgan fingerprint density at radius 1 is 1.18 bits per heavy atom. The van der Waals surface area contributed by atoms with Gasteiger partial charge in [-0.1, -0.05) is 74.5 Å². The summed E-state index contributed by atoms with van der Waals surface area (Å²) in [5.41, 5.74) is 1.14. The molecule has 1 saturated heterocycles. The third kappa shape index (κ3) is 3.81. The number of halogens is 2. The Morgan fingerprint density at radius 2 is 1.89 bits per heavy atom. The van der Waals surface area contributed by atoms with E-state index in [0.717, 1.165) is 16.3 Å². The van der Waals surface area contributed by atoms with Gasteiger partial charge in [0.05, 0.1) is 6.54 Å². The lowest BCUT2D eigenvalue weighted by atomic mass is 9.91. The second-order valence-electron chi connectivity index (χ2n) is 7.83. The van der Waals surface area contributed by atoms with Crippen molar-refractivity contribution < 1.29 is 9.13 Å². The molecule has 2 aromatic carbocycles. The molecule has 4 nitrogen and oxygen atoms in total. The predicted molar refractivity (Wildman–Crippen MR) is 109 cm³/mol. The molecule has 1 aliphatic rings. The summed E-state index contributed by atoms with van der Waals surface area (Å²) in [6.07, 6.45) is 1.32. The molecule has 28 heavy (non-hydrogen) atoms. The lowest BCUT2D eigenvalue weighted by molar-refractivity contribution is 0.256. The maximum Gasteiger partial charge on any atom is 0.186 e. The number of ether oxygens (including phenoxy) is 1. The lowest BCUT2D eigenvalue weighted by Gasteiger charge is -2.19. The molecular weight excluding hydrogens is 397 g/mol. The molecule has 0 N–H and O–H groups in total. The van der Waals surface area contributed by atoms with Crippen LogP contribution in [0.1, 0.15) is 38.0 Å². The first kappa shape index (κ1) is 19.4. The van der Waals surface area contributed by atoms with Gasteiger partial charge in [-0.15, -0.1) is 0 Å². The quantitative estimate of drug-likeness (QED) is 0.398. The Labute approximate surface area is 173 Å². The van der Waals surface area contributed by atoms with Crippen LogP contribution in [0, 0.1) is 5.82 Å². The van der Waals surface area contributed by atoms with E-state index in [1.807, 2.05) is 28.9 Å². The first-order valence-electron chi connectivity index (χ1n) is 9.04. The van der Waals surface area contributed by atoms with Gasteiger partial charge >= 0.3 is 0 Å². The lowest BCUT2D eigenvalue weighted by Crippen LogP contribution is -2.21. The first-order valence-corrected chi connectivity index (χ1v) is 10.2. The Bertz CT molecular complexity index is 986. The second kappa shape index (κ2) is 7.17. The fourth-order valence-corrected chi connectivity index (χ4v) is 4.38. The van der Waals surface area contributed by atoms with Gasteiger partial charge in [0.15, 0.2) is 5.16 Å². The molecule has 0 unspecified atom stereocenters. The maximum absolute atomic E-state index is 13.5.